The summed E-state index contributed by atoms with van der Waals surface area (Å²) in [6.07, 6.45) is 7.88. The predicted octanol–water partition coefficient (Wildman–Crippen LogP) is 1.99. The lowest BCUT2D eigenvalue weighted by atomic mass is 9.95. The number of rotatable bonds is 5. The van der Waals surface area contributed by atoms with E-state index in [-0.39, 0.29) is 18.0 Å². The minimum Gasteiger partial charge on any atom is -0.352 e. The van der Waals surface area contributed by atoms with Gasteiger partial charge in [-0.1, -0.05) is 25.3 Å². The third-order valence-electron chi connectivity index (χ3n) is 3.21. The molecule has 2 N–H and O–H groups in total. The van der Waals surface area contributed by atoms with Gasteiger partial charge >= 0.3 is 0 Å². The van der Waals surface area contributed by atoms with Gasteiger partial charge in [-0.25, -0.2) is 0 Å². The molecule has 0 aromatic carbocycles. The molecule has 1 aliphatic rings. The molecular weight excluding hydrogens is 200 g/mol. The molecule has 0 saturated heterocycles. The van der Waals surface area contributed by atoms with Crippen molar-refractivity contribution in [3.63, 3.8) is 0 Å². The Morgan fingerprint density at radius 2 is 1.94 bits per heavy atom. The molecule has 2 unspecified atom stereocenters. The van der Waals surface area contributed by atoms with Crippen molar-refractivity contribution in [1.82, 2.24) is 10.6 Å². The molecule has 0 heterocycles. The molecule has 0 aliphatic heterocycles. The van der Waals surface area contributed by atoms with Crippen molar-refractivity contribution in [2.75, 3.05) is 0 Å². The van der Waals surface area contributed by atoms with E-state index in [1.807, 2.05) is 19.9 Å². The third-order valence-corrected chi connectivity index (χ3v) is 3.21. The van der Waals surface area contributed by atoms with Crippen molar-refractivity contribution in [3.05, 3.63) is 12.7 Å². The highest BCUT2D eigenvalue weighted by Gasteiger charge is 2.19. The molecule has 1 rings (SSSR count). The van der Waals surface area contributed by atoms with E-state index in [9.17, 15) is 4.79 Å². The quantitative estimate of drug-likeness (QED) is 0.701. The summed E-state index contributed by atoms with van der Waals surface area (Å²) in [4.78, 5) is 11.9. The summed E-state index contributed by atoms with van der Waals surface area (Å²) in [6, 6.07) is 0.423. The summed E-state index contributed by atoms with van der Waals surface area (Å²) in [6.45, 7) is 7.59. The normalized spacial score (nSPS) is 21.1. The molecule has 0 spiro atoms. The first-order chi connectivity index (χ1) is 7.63. The first kappa shape index (κ1) is 13.2. The summed E-state index contributed by atoms with van der Waals surface area (Å²) >= 11 is 0. The molecule has 2 atom stereocenters. The maximum atomic E-state index is 11.9. The van der Waals surface area contributed by atoms with Crippen molar-refractivity contribution in [2.24, 2.45) is 0 Å². The topological polar surface area (TPSA) is 41.1 Å². The van der Waals surface area contributed by atoms with Gasteiger partial charge in [-0.3, -0.25) is 4.79 Å². The maximum absolute atomic E-state index is 11.9. The standard InChI is InChI=1S/C13H24N2O/c1-4-10(2)14-11(3)13(16)15-12-8-6-5-7-9-12/h4,10-12,14H,1,5-9H2,2-3H3,(H,15,16). The van der Waals surface area contributed by atoms with Crippen LogP contribution in [-0.2, 0) is 4.79 Å². The number of nitrogens with one attached hydrogen (secondary N) is 2. The van der Waals surface area contributed by atoms with Crippen LogP contribution in [0.5, 0.6) is 0 Å². The number of hydrogen-bond donors (Lipinski definition) is 2. The first-order valence-electron chi connectivity index (χ1n) is 6.32. The van der Waals surface area contributed by atoms with E-state index in [2.05, 4.69) is 17.2 Å². The highest BCUT2D eigenvalue weighted by Crippen LogP contribution is 2.17. The van der Waals surface area contributed by atoms with Crippen LogP contribution in [-0.4, -0.2) is 24.0 Å². The zero-order valence-electron chi connectivity index (χ0n) is 10.5. The SMILES string of the molecule is C=CC(C)NC(C)C(=O)NC1CCCCC1. The molecular formula is C13H24N2O. The lowest BCUT2D eigenvalue weighted by Crippen LogP contribution is -2.48. The number of hydrogen-bond acceptors (Lipinski definition) is 2. The van der Waals surface area contributed by atoms with Crippen LogP contribution in [0.3, 0.4) is 0 Å². The van der Waals surface area contributed by atoms with Crippen LogP contribution in [0, 0.1) is 0 Å². The van der Waals surface area contributed by atoms with Gasteiger partial charge in [-0.05, 0) is 26.7 Å². The van der Waals surface area contributed by atoms with Crippen molar-refractivity contribution < 1.29 is 4.79 Å². The van der Waals surface area contributed by atoms with E-state index in [0.29, 0.717) is 6.04 Å². The highest BCUT2D eigenvalue weighted by atomic mass is 16.2. The Balaban J connectivity index is 2.29. The Bertz CT molecular complexity index is 234. The van der Waals surface area contributed by atoms with Gasteiger partial charge in [0.2, 0.25) is 5.91 Å². The molecule has 16 heavy (non-hydrogen) atoms. The predicted molar refractivity (Wildman–Crippen MR) is 67.3 cm³/mol. The second-order valence-corrected chi connectivity index (χ2v) is 4.76. The molecule has 0 aromatic rings. The Labute approximate surface area is 98.7 Å². The lowest BCUT2D eigenvalue weighted by molar-refractivity contribution is -0.123. The van der Waals surface area contributed by atoms with Gasteiger partial charge in [0.1, 0.15) is 0 Å². The fourth-order valence-electron chi connectivity index (χ4n) is 2.11. The van der Waals surface area contributed by atoms with Gasteiger partial charge in [0.15, 0.2) is 0 Å². The molecule has 0 bridgehead atoms. The average molecular weight is 224 g/mol. The molecule has 1 fully saturated rings. The molecule has 0 radical (unpaired) electrons. The lowest BCUT2D eigenvalue weighted by Gasteiger charge is -2.25. The van der Waals surface area contributed by atoms with E-state index < -0.39 is 0 Å². The molecule has 92 valence electrons. The monoisotopic (exact) mass is 224 g/mol. The van der Waals surface area contributed by atoms with Gasteiger partial charge < -0.3 is 10.6 Å². The van der Waals surface area contributed by atoms with Crippen LogP contribution >= 0.6 is 0 Å². The van der Waals surface area contributed by atoms with Crippen LogP contribution in [0.2, 0.25) is 0 Å². The highest BCUT2D eigenvalue weighted by molar-refractivity contribution is 5.81. The molecule has 3 heteroatoms. The number of carbonyl (C=O) groups excluding carboxylic acids is 1. The Morgan fingerprint density at radius 3 is 2.50 bits per heavy atom. The summed E-state index contributed by atoms with van der Waals surface area (Å²) < 4.78 is 0. The van der Waals surface area contributed by atoms with E-state index in [1.165, 1.54) is 19.3 Å². The molecule has 1 saturated carbocycles. The van der Waals surface area contributed by atoms with Crippen LogP contribution in [0.15, 0.2) is 12.7 Å². The summed E-state index contributed by atoms with van der Waals surface area (Å²) in [5.41, 5.74) is 0. The fraction of sp³-hybridized carbons (Fsp3) is 0.769. The molecule has 1 aliphatic carbocycles. The van der Waals surface area contributed by atoms with Crippen molar-refractivity contribution in [2.45, 2.75) is 64.1 Å². The van der Waals surface area contributed by atoms with Gasteiger partial charge in [0.05, 0.1) is 6.04 Å². The Morgan fingerprint density at radius 1 is 1.31 bits per heavy atom. The Hall–Kier alpha value is -0.830. The minimum atomic E-state index is -0.144. The van der Waals surface area contributed by atoms with Crippen LogP contribution in [0.1, 0.15) is 46.0 Å². The zero-order valence-corrected chi connectivity index (χ0v) is 10.5. The fourth-order valence-corrected chi connectivity index (χ4v) is 2.11. The minimum absolute atomic E-state index is 0.112. The summed E-state index contributed by atoms with van der Waals surface area (Å²) in [7, 11) is 0. The van der Waals surface area contributed by atoms with E-state index in [0.717, 1.165) is 12.8 Å². The molecule has 1 amide bonds. The Kier molecular flexibility index (Phi) is 5.53. The van der Waals surface area contributed by atoms with Crippen molar-refractivity contribution >= 4 is 5.91 Å². The molecule has 3 nitrogen and oxygen atoms in total. The average Bonchev–Trinajstić information content (AvgIpc) is 2.30. The van der Waals surface area contributed by atoms with Gasteiger partial charge in [-0.2, -0.15) is 0 Å². The van der Waals surface area contributed by atoms with Gasteiger partial charge in [0.25, 0.3) is 0 Å². The second-order valence-electron chi connectivity index (χ2n) is 4.76. The maximum Gasteiger partial charge on any atom is 0.237 e. The number of carbonyl (C=O) groups is 1. The van der Waals surface area contributed by atoms with Crippen LogP contribution < -0.4 is 10.6 Å². The van der Waals surface area contributed by atoms with E-state index >= 15 is 0 Å². The zero-order chi connectivity index (χ0) is 12.0. The van der Waals surface area contributed by atoms with E-state index in [1.54, 1.807) is 0 Å². The van der Waals surface area contributed by atoms with Crippen molar-refractivity contribution in [3.8, 4) is 0 Å². The summed E-state index contributed by atoms with van der Waals surface area (Å²) in [5, 5.41) is 6.30. The van der Waals surface area contributed by atoms with E-state index in [4.69, 9.17) is 0 Å². The number of amides is 1. The summed E-state index contributed by atoms with van der Waals surface area (Å²) in [5.74, 6) is 0.112. The second kappa shape index (κ2) is 6.69. The smallest absolute Gasteiger partial charge is 0.237 e. The van der Waals surface area contributed by atoms with Crippen LogP contribution in [0.25, 0.3) is 0 Å². The van der Waals surface area contributed by atoms with Crippen molar-refractivity contribution in [1.29, 1.82) is 0 Å². The largest absolute Gasteiger partial charge is 0.352 e. The molecule has 0 aromatic heterocycles. The van der Waals surface area contributed by atoms with Gasteiger partial charge in [-0.15, -0.1) is 6.58 Å². The third kappa shape index (κ3) is 4.35. The van der Waals surface area contributed by atoms with Gasteiger partial charge in [0, 0.05) is 12.1 Å². The first-order valence-corrected chi connectivity index (χ1v) is 6.32. The van der Waals surface area contributed by atoms with Crippen LogP contribution in [0.4, 0.5) is 0 Å².